The summed E-state index contributed by atoms with van der Waals surface area (Å²) < 4.78 is 0. The van der Waals surface area contributed by atoms with Gasteiger partial charge in [-0.3, -0.25) is 5.10 Å². The number of anilines is 1. The van der Waals surface area contributed by atoms with Crippen molar-refractivity contribution in [1.29, 1.82) is 0 Å². The lowest BCUT2D eigenvalue weighted by atomic mass is 9.87. The van der Waals surface area contributed by atoms with E-state index in [-0.39, 0.29) is 0 Å². The minimum Gasteiger partial charge on any atom is -0.378 e. The molecule has 1 unspecified atom stereocenters. The number of hydrogen-bond acceptors (Lipinski definition) is 3. The van der Waals surface area contributed by atoms with Crippen LogP contribution < -0.4 is 5.32 Å². The topological polar surface area (TPSA) is 40.7 Å². The van der Waals surface area contributed by atoms with Crippen LogP contribution in [0.25, 0.3) is 0 Å². The van der Waals surface area contributed by atoms with Crippen LogP contribution in [0.5, 0.6) is 0 Å². The normalized spacial score (nSPS) is 24.4. The molecular formula is C12H21N3S. The van der Waals surface area contributed by atoms with Crippen molar-refractivity contribution < 1.29 is 0 Å². The first-order valence-corrected chi connectivity index (χ1v) is 6.99. The van der Waals surface area contributed by atoms with E-state index in [1.807, 2.05) is 6.92 Å². The third-order valence-corrected chi connectivity index (χ3v) is 4.71. The first-order valence-electron chi connectivity index (χ1n) is 5.84. The Bertz CT molecular complexity index is 351. The molecule has 1 aromatic rings. The van der Waals surface area contributed by atoms with E-state index in [0.717, 1.165) is 11.4 Å². The second-order valence-corrected chi connectivity index (χ2v) is 6.56. The van der Waals surface area contributed by atoms with E-state index in [9.17, 15) is 0 Å². The van der Waals surface area contributed by atoms with Crippen molar-refractivity contribution in [3.8, 4) is 0 Å². The molecule has 2 N–H and O–H groups in total. The fraction of sp³-hybridized carbons (Fsp3) is 0.750. The molecule has 1 aliphatic rings. The largest absolute Gasteiger partial charge is 0.378 e. The van der Waals surface area contributed by atoms with Crippen molar-refractivity contribution in [3.63, 3.8) is 0 Å². The first kappa shape index (κ1) is 11.8. The molecule has 1 fully saturated rings. The number of aryl methyl sites for hydroxylation is 2. The standard InChI is InChI=1S/C12H21N3S/c1-8-11(9(2)15-14-8)13-10-5-12(3,4)7-16-6-10/h10,13H,5-7H2,1-4H3,(H,14,15). The molecule has 0 bridgehead atoms. The number of nitrogens with one attached hydrogen (secondary N) is 2. The van der Waals surface area contributed by atoms with Crippen molar-refractivity contribution in [2.45, 2.75) is 40.2 Å². The Balaban J connectivity index is 2.05. The molecule has 2 rings (SSSR count). The molecule has 90 valence electrons. The van der Waals surface area contributed by atoms with Crippen LogP contribution in [0.3, 0.4) is 0 Å². The Morgan fingerprint density at radius 1 is 1.44 bits per heavy atom. The van der Waals surface area contributed by atoms with Crippen molar-refractivity contribution in [2.75, 3.05) is 16.8 Å². The third kappa shape index (κ3) is 2.54. The van der Waals surface area contributed by atoms with Gasteiger partial charge < -0.3 is 5.32 Å². The molecule has 3 nitrogen and oxygen atoms in total. The first-order chi connectivity index (χ1) is 7.48. The van der Waals surface area contributed by atoms with Crippen LogP contribution in [0, 0.1) is 19.3 Å². The number of aromatic amines is 1. The SMILES string of the molecule is Cc1n[nH]c(C)c1NC1CSCC(C)(C)C1. The highest BCUT2D eigenvalue weighted by atomic mass is 32.2. The van der Waals surface area contributed by atoms with E-state index in [4.69, 9.17) is 0 Å². The Morgan fingerprint density at radius 3 is 2.75 bits per heavy atom. The highest BCUT2D eigenvalue weighted by Gasteiger charge is 2.28. The molecule has 2 heterocycles. The maximum atomic E-state index is 4.22. The summed E-state index contributed by atoms with van der Waals surface area (Å²) in [5.74, 6) is 2.47. The average molecular weight is 239 g/mol. The predicted molar refractivity (Wildman–Crippen MR) is 71.2 cm³/mol. The van der Waals surface area contributed by atoms with Crippen LogP contribution in [0.1, 0.15) is 31.7 Å². The molecule has 0 spiro atoms. The minimum atomic E-state index is 0.451. The summed E-state index contributed by atoms with van der Waals surface area (Å²) >= 11 is 2.05. The van der Waals surface area contributed by atoms with Gasteiger partial charge in [0.05, 0.1) is 17.1 Å². The molecule has 1 atom stereocenters. The quantitative estimate of drug-likeness (QED) is 0.833. The van der Waals surface area contributed by atoms with Crippen LogP contribution in [-0.4, -0.2) is 27.7 Å². The summed E-state index contributed by atoms with van der Waals surface area (Å²) in [6, 6.07) is 0.573. The summed E-state index contributed by atoms with van der Waals surface area (Å²) in [6.07, 6.45) is 1.24. The number of thioether (sulfide) groups is 1. The zero-order chi connectivity index (χ0) is 11.8. The van der Waals surface area contributed by atoms with Crippen LogP contribution >= 0.6 is 11.8 Å². The highest BCUT2D eigenvalue weighted by molar-refractivity contribution is 7.99. The lowest BCUT2D eigenvalue weighted by Crippen LogP contribution is -2.35. The minimum absolute atomic E-state index is 0.451. The van der Waals surface area contributed by atoms with Gasteiger partial charge in [0.25, 0.3) is 0 Å². The van der Waals surface area contributed by atoms with Gasteiger partial charge in [0.2, 0.25) is 0 Å². The molecule has 0 amide bonds. The van der Waals surface area contributed by atoms with E-state index in [1.54, 1.807) is 0 Å². The van der Waals surface area contributed by atoms with Crippen LogP contribution in [-0.2, 0) is 0 Å². The predicted octanol–water partition coefficient (Wildman–Crippen LogP) is 2.97. The molecule has 4 heteroatoms. The molecule has 0 aliphatic carbocycles. The highest BCUT2D eigenvalue weighted by Crippen LogP contribution is 2.35. The molecule has 1 saturated heterocycles. The van der Waals surface area contributed by atoms with Gasteiger partial charge >= 0.3 is 0 Å². The molecular weight excluding hydrogens is 218 g/mol. The Labute approximate surface area is 102 Å². The number of hydrogen-bond donors (Lipinski definition) is 2. The van der Waals surface area contributed by atoms with E-state index in [0.29, 0.717) is 11.5 Å². The zero-order valence-electron chi connectivity index (χ0n) is 10.6. The Morgan fingerprint density at radius 2 is 2.19 bits per heavy atom. The van der Waals surface area contributed by atoms with Gasteiger partial charge in [-0.15, -0.1) is 0 Å². The zero-order valence-corrected chi connectivity index (χ0v) is 11.4. The lowest BCUT2D eigenvalue weighted by Gasteiger charge is -2.35. The number of H-pyrrole nitrogens is 1. The maximum absolute atomic E-state index is 4.22. The summed E-state index contributed by atoms with van der Waals surface area (Å²) in [7, 11) is 0. The van der Waals surface area contributed by atoms with E-state index < -0.39 is 0 Å². The van der Waals surface area contributed by atoms with Gasteiger partial charge in [-0.25, -0.2) is 0 Å². The summed E-state index contributed by atoms with van der Waals surface area (Å²) in [4.78, 5) is 0. The second-order valence-electron chi connectivity index (χ2n) is 5.53. The summed E-state index contributed by atoms with van der Waals surface area (Å²) in [5.41, 5.74) is 3.87. The smallest absolute Gasteiger partial charge is 0.0825 e. The fourth-order valence-electron chi connectivity index (χ4n) is 2.32. The van der Waals surface area contributed by atoms with Crippen molar-refractivity contribution in [2.24, 2.45) is 5.41 Å². The van der Waals surface area contributed by atoms with E-state index in [1.165, 1.54) is 23.6 Å². The van der Waals surface area contributed by atoms with Crippen molar-refractivity contribution >= 4 is 17.4 Å². The van der Waals surface area contributed by atoms with Crippen LogP contribution in [0.2, 0.25) is 0 Å². The lowest BCUT2D eigenvalue weighted by molar-refractivity contribution is 0.358. The third-order valence-electron chi connectivity index (χ3n) is 3.09. The van der Waals surface area contributed by atoms with Gasteiger partial charge in [0.1, 0.15) is 0 Å². The van der Waals surface area contributed by atoms with Crippen molar-refractivity contribution in [1.82, 2.24) is 10.2 Å². The molecule has 1 aromatic heterocycles. The number of aromatic nitrogens is 2. The van der Waals surface area contributed by atoms with Crippen molar-refractivity contribution in [3.05, 3.63) is 11.4 Å². The number of nitrogens with zero attached hydrogens (tertiary/aromatic N) is 1. The molecule has 0 radical (unpaired) electrons. The van der Waals surface area contributed by atoms with E-state index >= 15 is 0 Å². The molecule has 1 aliphatic heterocycles. The van der Waals surface area contributed by atoms with Crippen LogP contribution in [0.4, 0.5) is 5.69 Å². The monoisotopic (exact) mass is 239 g/mol. The summed E-state index contributed by atoms with van der Waals surface area (Å²) in [5, 5.41) is 10.9. The molecule has 16 heavy (non-hydrogen) atoms. The Kier molecular flexibility index (Phi) is 3.19. The van der Waals surface area contributed by atoms with Crippen LogP contribution in [0.15, 0.2) is 0 Å². The van der Waals surface area contributed by atoms with E-state index in [2.05, 4.69) is 48.0 Å². The Hall–Kier alpha value is -0.640. The van der Waals surface area contributed by atoms with Gasteiger partial charge in [-0.1, -0.05) is 13.8 Å². The van der Waals surface area contributed by atoms with Gasteiger partial charge in [0.15, 0.2) is 0 Å². The molecule has 0 saturated carbocycles. The average Bonchev–Trinajstić information content (AvgIpc) is 2.48. The van der Waals surface area contributed by atoms with Gasteiger partial charge in [0, 0.05) is 11.8 Å². The second kappa shape index (κ2) is 4.32. The molecule has 0 aromatic carbocycles. The fourth-order valence-corrected chi connectivity index (χ4v) is 3.60. The maximum Gasteiger partial charge on any atom is 0.0825 e. The van der Waals surface area contributed by atoms with Gasteiger partial charge in [-0.2, -0.15) is 16.9 Å². The summed E-state index contributed by atoms with van der Waals surface area (Å²) in [6.45, 7) is 8.82. The number of rotatable bonds is 2. The van der Waals surface area contributed by atoms with Gasteiger partial charge in [-0.05, 0) is 31.4 Å².